The van der Waals surface area contributed by atoms with Crippen LogP contribution in [-0.4, -0.2) is 35.6 Å². The van der Waals surface area contributed by atoms with Crippen molar-refractivity contribution in [1.29, 1.82) is 0 Å². The molecule has 1 rings (SSSR count). The standard InChI is InChI=1S/C9H10FN3O3/c1-11-7(14)4-13-8-6(9(15)16)2-5(10)3-12-8/h2-3H,4H2,1H3,(H,11,14)(H,12,13)(H,15,16). The fourth-order valence-electron chi connectivity index (χ4n) is 0.996. The molecule has 1 aromatic rings. The molecule has 1 amide bonds. The quantitative estimate of drug-likeness (QED) is 0.677. The maximum Gasteiger partial charge on any atom is 0.339 e. The number of hydrogen-bond acceptors (Lipinski definition) is 4. The van der Waals surface area contributed by atoms with Gasteiger partial charge in [0.1, 0.15) is 17.2 Å². The van der Waals surface area contributed by atoms with E-state index in [-0.39, 0.29) is 23.8 Å². The molecule has 0 bridgehead atoms. The molecule has 0 unspecified atom stereocenters. The highest BCUT2D eigenvalue weighted by atomic mass is 19.1. The van der Waals surface area contributed by atoms with E-state index in [4.69, 9.17) is 5.11 Å². The van der Waals surface area contributed by atoms with E-state index < -0.39 is 11.8 Å². The van der Waals surface area contributed by atoms with Crippen LogP contribution in [0.1, 0.15) is 10.4 Å². The number of anilines is 1. The Morgan fingerprint density at radius 1 is 1.56 bits per heavy atom. The summed E-state index contributed by atoms with van der Waals surface area (Å²) < 4.78 is 12.7. The number of rotatable bonds is 4. The van der Waals surface area contributed by atoms with E-state index >= 15 is 0 Å². The molecule has 0 aliphatic heterocycles. The molecule has 7 heteroatoms. The van der Waals surface area contributed by atoms with Gasteiger partial charge in [-0.1, -0.05) is 0 Å². The molecule has 0 radical (unpaired) electrons. The number of carboxylic acid groups (broad SMARTS) is 1. The van der Waals surface area contributed by atoms with Crippen LogP contribution in [0.2, 0.25) is 0 Å². The molecular weight excluding hydrogens is 217 g/mol. The molecule has 0 aliphatic rings. The van der Waals surface area contributed by atoms with Gasteiger partial charge in [0.25, 0.3) is 0 Å². The molecule has 6 nitrogen and oxygen atoms in total. The number of hydrogen-bond donors (Lipinski definition) is 3. The van der Waals surface area contributed by atoms with Gasteiger partial charge in [0, 0.05) is 7.05 Å². The molecule has 0 saturated carbocycles. The Morgan fingerprint density at radius 2 is 2.25 bits per heavy atom. The molecule has 0 saturated heterocycles. The smallest absolute Gasteiger partial charge is 0.339 e. The number of amides is 1. The lowest BCUT2D eigenvalue weighted by atomic mass is 10.2. The molecule has 1 heterocycles. The summed E-state index contributed by atoms with van der Waals surface area (Å²) in [5, 5.41) is 13.6. The number of carbonyl (C=O) groups excluding carboxylic acids is 1. The van der Waals surface area contributed by atoms with Crippen LogP contribution < -0.4 is 10.6 Å². The Morgan fingerprint density at radius 3 is 2.81 bits per heavy atom. The van der Waals surface area contributed by atoms with E-state index in [1.165, 1.54) is 7.05 Å². The summed E-state index contributed by atoms with van der Waals surface area (Å²) >= 11 is 0. The molecule has 0 aliphatic carbocycles. The second-order valence-corrected chi connectivity index (χ2v) is 2.88. The summed E-state index contributed by atoms with van der Waals surface area (Å²) in [6, 6.07) is 0.835. The fraction of sp³-hybridized carbons (Fsp3) is 0.222. The molecule has 3 N–H and O–H groups in total. The van der Waals surface area contributed by atoms with Crippen LogP contribution in [-0.2, 0) is 4.79 Å². The Labute approximate surface area is 90.5 Å². The van der Waals surface area contributed by atoms with Crippen LogP contribution in [0.15, 0.2) is 12.3 Å². The Kier molecular flexibility index (Phi) is 3.76. The van der Waals surface area contributed by atoms with E-state index in [9.17, 15) is 14.0 Å². The third-order valence-corrected chi connectivity index (χ3v) is 1.78. The van der Waals surface area contributed by atoms with Crippen LogP contribution >= 0.6 is 0 Å². The average molecular weight is 227 g/mol. The van der Waals surface area contributed by atoms with Gasteiger partial charge in [-0.05, 0) is 6.07 Å². The van der Waals surface area contributed by atoms with Gasteiger partial charge < -0.3 is 15.7 Å². The highest BCUT2D eigenvalue weighted by Crippen LogP contribution is 2.12. The largest absolute Gasteiger partial charge is 0.478 e. The number of likely N-dealkylation sites (N-methyl/N-ethyl adjacent to an activating group) is 1. The molecule has 0 atom stereocenters. The van der Waals surface area contributed by atoms with Gasteiger partial charge in [-0.15, -0.1) is 0 Å². The van der Waals surface area contributed by atoms with E-state index in [1.54, 1.807) is 0 Å². The highest BCUT2D eigenvalue weighted by molar-refractivity contribution is 5.93. The van der Waals surface area contributed by atoms with Gasteiger partial charge in [-0.3, -0.25) is 4.79 Å². The van der Waals surface area contributed by atoms with Crippen molar-refractivity contribution in [3.63, 3.8) is 0 Å². The zero-order valence-electron chi connectivity index (χ0n) is 8.45. The SMILES string of the molecule is CNC(=O)CNc1ncc(F)cc1C(=O)O. The molecular formula is C9H10FN3O3. The predicted octanol–water partition coefficient (Wildman–Crippen LogP) is 0.0768. The molecule has 0 fully saturated rings. The first-order chi connectivity index (χ1) is 7.54. The van der Waals surface area contributed by atoms with Crippen molar-refractivity contribution < 1.29 is 19.1 Å². The first-order valence-corrected chi connectivity index (χ1v) is 4.38. The average Bonchev–Trinajstić information content (AvgIpc) is 2.26. The molecule has 16 heavy (non-hydrogen) atoms. The minimum atomic E-state index is -1.31. The van der Waals surface area contributed by atoms with E-state index in [0.717, 1.165) is 12.3 Å². The molecule has 1 aromatic heterocycles. The highest BCUT2D eigenvalue weighted by Gasteiger charge is 2.13. The summed E-state index contributed by atoms with van der Waals surface area (Å²) in [5.74, 6) is -2.44. The number of halogens is 1. The van der Waals surface area contributed by atoms with Gasteiger partial charge in [0.05, 0.1) is 12.7 Å². The fourth-order valence-corrected chi connectivity index (χ4v) is 0.996. The molecule has 0 aromatic carbocycles. The maximum absolute atomic E-state index is 12.7. The Balaban J connectivity index is 2.87. The number of nitrogens with zero attached hydrogens (tertiary/aromatic N) is 1. The number of pyridine rings is 1. The van der Waals surface area contributed by atoms with Crippen molar-refractivity contribution in [2.45, 2.75) is 0 Å². The van der Waals surface area contributed by atoms with Crippen molar-refractivity contribution in [2.24, 2.45) is 0 Å². The van der Waals surface area contributed by atoms with Crippen LogP contribution in [0.4, 0.5) is 10.2 Å². The van der Waals surface area contributed by atoms with Gasteiger partial charge in [-0.25, -0.2) is 14.2 Å². The first kappa shape index (κ1) is 11.9. The lowest BCUT2D eigenvalue weighted by Gasteiger charge is -2.07. The summed E-state index contributed by atoms with van der Waals surface area (Å²) in [6.07, 6.45) is 0.874. The second-order valence-electron chi connectivity index (χ2n) is 2.88. The summed E-state index contributed by atoms with van der Waals surface area (Å²) in [7, 11) is 1.44. The van der Waals surface area contributed by atoms with Crippen molar-refractivity contribution in [3.05, 3.63) is 23.6 Å². The number of carboxylic acids is 1. The van der Waals surface area contributed by atoms with E-state index in [2.05, 4.69) is 15.6 Å². The van der Waals surface area contributed by atoms with Crippen molar-refractivity contribution in [1.82, 2.24) is 10.3 Å². The van der Waals surface area contributed by atoms with Crippen molar-refractivity contribution >= 4 is 17.7 Å². The third-order valence-electron chi connectivity index (χ3n) is 1.78. The number of carbonyl (C=O) groups is 2. The van der Waals surface area contributed by atoms with E-state index in [0.29, 0.717) is 0 Å². The Hall–Kier alpha value is -2.18. The second kappa shape index (κ2) is 5.06. The van der Waals surface area contributed by atoms with Crippen LogP contribution in [0.3, 0.4) is 0 Å². The van der Waals surface area contributed by atoms with Crippen molar-refractivity contribution in [2.75, 3.05) is 18.9 Å². The summed E-state index contributed by atoms with van der Waals surface area (Å²) in [6.45, 7) is -0.130. The predicted molar refractivity (Wildman–Crippen MR) is 53.7 cm³/mol. The zero-order chi connectivity index (χ0) is 12.1. The number of aromatic nitrogens is 1. The van der Waals surface area contributed by atoms with Gasteiger partial charge in [0.2, 0.25) is 5.91 Å². The van der Waals surface area contributed by atoms with E-state index in [1.807, 2.05) is 0 Å². The first-order valence-electron chi connectivity index (χ1n) is 4.38. The minimum Gasteiger partial charge on any atom is -0.478 e. The van der Waals surface area contributed by atoms with Crippen LogP contribution in [0.5, 0.6) is 0 Å². The maximum atomic E-state index is 12.7. The summed E-state index contributed by atoms with van der Waals surface area (Å²) in [4.78, 5) is 25.2. The topological polar surface area (TPSA) is 91.3 Å². The normalized spacial score (nSPS) is 9.62. The Bertz CT molecular complexity index is 422. The van der Waals surface area contributed by atoms with Gasteiger partial charge in [0.15, 0.2) is 0 Å². The zero-order valence-corrected chi connectivity index (χ0v) is 8.45. The van der Waals surface area contributed by atoms with Gasteiger partial charge >= 0.3 is 5.97 Å². The lowest BCUT2D eigenvalue weighted by molar-refractivity contribution is -0.118. The summed E-state index contributed by atoms with van der Waals surface area (Å²) in [5.41, 5.74) is -0.316. The monoisotopic (exact) mass is 227 g/mol. The van der Waals surface area contributed by atoms with Crippen molar-refractivity contribution in [3.8, 4) is 0 Å². The van der Waals surface area contributed by atoms with Gasteiger partial charge in [-0.2, -0.15) is 0 Å². The number of nitrogens with one attached hydrogen (secondary N) is 2. The van der Waals surface area contributed by atoms with Crippen LogP contribution in [0, 0.1) is 5.82 Å². The molecule has 86 valence electrons. The third kappa shape index (κ3) is 2.91. The number of aromatic carboxylic acids is 1. The lowest BCUT2D eigenvalue weighted by Crippen LogP contribution is -2.27. The van der Waals surface area contributed by atoms with Crippen LogP contribution in [0.25, 0.3) is 0 Å². The minimum absolute atomic E-state index is 0.0440. The molecule has 0 spiro atoms.